The fraction of sp³-hybridized carbons (Fsp3) is 0.462. The summed E-state index contributed by atoms with van der Waals surface area (Å²) in [5.74, 6) is 0. The van der Waals surface area contributed by atoms with Crippen LogP contribution in [0.1, 0.15) is 38.8 Å². The van der Waals surface area contributed by atoms with Gasteiger partial charge in [0.15, 0.2) is 0 Å². The Morgan fingerprint density at radius 1 is 1.58 bits per heavy atom. The lowest BCUT2D eigenvalue weighted by molar-refractivity contribution is -0.108. The molecule has 1 amide bonds. The van der Waals surface area contributed by atoms with Crippen LogP contribution in [-0.2, 0) is 9.53 Å². The van der Waals surface area contributed by atoms with Gasteiger partial charge in [0.1, 0.15) is 11.9 Å². The first-order valence-corrected chi connectivity index (χ1v) is 6.24. The van der Waals surface area contributed by atoms with Crippen molar-refractivity contribution in [3.8, 4) is 0 Å². The number of aromatic nitrogens is 1. The van der Waals surface area contributed by atoms with Crippen LogP contribution in [-0.4, -0.2) is 23.0 Å². The average Bonchev–Trinajstić information content (AvgIpc) is 2.26. The number of alkyl carbamates (subject to hydrolysis) is 1. The van der Waals surface area contributed by atoms with Gasteiger partial charge in [0.25, 0.3) is 0 Å². The maximum absolute atomic E-state index is 11.7. The van der Waals surface area contributed by atoms with Crippen LogP contribution >= 0.6 is 11.6 Å². The number of rotatable bonds is 4. The van der Waals surface area contributed by atoms with Crippen LogP contribution in [0, 0.1) is 0 Å². The monoisotopic (exact) mass is 284 g/mol. The molecule has 6 heteroatoms. The highest BCUT2D eigenvalue weighted by Gasteiger charge is 2.21. The zero-order chi connectivity index (χ0) is 14.5. The Morgan fingerprint density at radius 2 is 2.26 bits per heavy atom. The summed E-state index contributed by atoms with van der Waals surface area (Å²) in [6, 6.07) is 1.14. The van der Waals surface area contributed by atoms with Gasteiger partial charge < -0.3 is 14.8 Å². The van der Waals surface area contributed by atoms with Gasteiger partial charge in [-0.25, -0.2) is 4.79 Å². The summed E-state index contributed by atoms with van der Waals surface area (Å²) in [7, 11) is 0. The molecule has 0 aliphatic carbocycles. The number of hydrogen-bond acceptors (Lipinski definition) is 4. The highest BCUT2D eigenvalue weighted by atomic mass is 35.5. The number of pyridine rings is 1. The smallest absolute Gasteiger partial charge is 0.408 e. The fourth-order valence-corrected chi connectivity index (χ4v) is 1.73. The summed E-state index contributed by atoms with van der Waals surface area (Å²) in [5, 5.41) is 3.02. The van der Waals surface area contributed by atoms with Crippen LogP contribution in [0.4, 0.5) is 4.79 Å². The van der Waals surface area contributed by atoms with Crippen molar-refractivity contribution in [3.05, 3.63) is 29.0 Å². The molecule has 0 radical (unpaired) electrons. The Labute approximate surface area is 117 Å². The lowest BCUT2D eigenvalue weighted by atomic mass is 10.1. The van der Waals surface area contributed by atoms with E-state index in [2.05, 4.69) is 10.3 Å². The maximum Gasteiger partial charge on any atom is 0.408 e. The predicted octanol–water partition coefficient (Wildman–Crippen LogP) is 2.89. The first-order valence-electron chi connectivity index (χ1n) is 5.86. The molecule has 1 N–H and O–H groups in total. The van der Waals surface area contributed by atoms with E-state index in [9.17, 15) is 9.59 Å². The predicted molar refractivity (Wildman–Crippen MR) is 72.0 cm³/mol. The molecule has 0 spiro atoms. The highest BCUT2D eigenvalue weighted by molar-refractivity contribution is 6.31. The molecule has 0 aromatic carbocycles. The summed E-state index contributed by atoms with van der Waals surface area (Å²) in [6.07, 6.45) is 3.26. The molecule has 0 aliphatic heterocycles. The van der Waals surface area contributed by atoms with Gasteiger partial charge in [0.05, 0.1) is 11.1 Å². The topological polar surface area (TPSA) is 68.3 Å². The van der Waals surface area contributed by atoms with Crippen LogP contribution in [0.25, 0.3) is 0 Å². The Morgan fingerprint density at radius 3 is 2.79 bits per heavy atom. The summed E-state index contributed by atoms with van der Waals surface area (Å²) in [6.45, 7) is 5.29. The molecule has 1 aromatic heterocycles. The number of nitrogens with zero attached hydrogens (tertiary/aromatic N) is 1. The number of amides is 1. The Hall–Kier alpha value is -1.62. The van der Waals surface area contributed by atoms with Gasteiger partial charge in [-0.2, -0.15) is 0 Å². The molecule has 0 saturated heterocycles. The molecule has 1 atom stereocenters. The third kappa shape index (κ3) is 5.26. The van der Waals surface area contributed by atoms with Crippen molar-refractivity contribution in [2.24, 2.45) is 0 Å². The second kappa shape index (κ2) is 6.52. The molecule has 0 saturated carbocycles. The quantitative estimate of drug-likeness (QED) is 0.863. The minimum Gasteiger partial charge on any atom is -0.444 e. The molecular formula is C13H17ClN2O3. The molecular weight excluding hydrogens is 268 g/mol. The lowest BCUT2D eigenvalue weighted by Gasteiger charge is -2.23. The van der Waals surface area contributed by atoms with Crippen LogP contribution in [0.3, 0.4) is 0 Å². The van der Waals surface area contributed by atoms with Crippen molar-refractivity contribution < 1.29 is 14.3 Å². The van der Waals surface area contributed by atoms with Gasteiger partial charge in [-0.15, -0.1) is 0 Å². The molecule has 0 bridgehead atoms. The zero-order valence-corrected chi connectivity index (χ0v) is 11.9. The number of aldehydes is 1. The normalized spacial score (nSPS) is 12.6. The van der Waals surface area contributed by atoms with Crippen molar-refractivity contribution in [3.63, 3.8) is 0 Å². The number of ether oxygens (including phenoxy) is 1. The van der Waals surface area contributed by atoms with E-state index in [1.807, 2.05) is 0 Å². The Kier molecular flexibility index (Phi) is 5.30. The minimum atomic E-state index is -0.599. The van der Waals surface area contributed by atoms with E-state index >= 15 is 0 Å². The van der Waals surface area contributed by atoms with E-state index < -0.39 is 17.7 Å². The van der Waals surface area contributed by atoms with E-state index in [0.29, 0.717) is 10.6 Å². The zero-order valence-electron chi connectivity index (χ0n) is 11.1. The van der Waals surface area contributed by atoms with Gasteiger partial charge in [-0.05, 0) is 32.4 Å². The minimum absolute atomic E-state index is 0.114. The second-order valence-corrected chi connectivity index (χ2v) is 5.41. The summed E-state index contributed by atoms with van der Waals surface area (Å²) in [4.78, 5) is 26.3. The second-order valence-electron chi connectivity index (χ2n) is 5.00. The molecule has 0 aliphatic rings. The first-order chi connectivity index (χ1) is 8.83. The number of carbonyl (C=O) groups excluding carboxylic acids is 2. The fourth-order valence-electron chi connectivity index (χ4n) is 1.48. The van der Waals surface area contributed by atoms with Crippen molar-refractivity contribution in [1.82, 2.24) is 10.3 Å². The number of nitrogens with one attached hydrogen (secondary N) is 1. The van der Waals surface area contributed by atoms with Crippen LogP contribution in [0.5, 0.6) is 0 Å². The highest BCUT2D eigenvalue weighted by Crippen LogP contribution is 2.24. The summed E-state index contributed by atoms with van der Waals surface area (Å²) < 4.78 is 5.15. The number of carbonyl (C=O) groups is 2. The maximum atomic E-state index is 11.7. The van der Waals surface area contributed by atoms with Crippen LogP contribution in [0.2, 0.25) is 5.02 Å². The van der Waals surface area contributed by atoms with Gasteiger partial charge in [0, 0.05) is 18.8 Å². The van der Waals surface area contributed by atoms with E-state index in [4.69, 9.17) is 16.3 Å². The third-order valence-electron chi connectivity index (χ3n) is 2.20. The third-order valence-corrected chi connectivity index (χ3v) is 2.52. The van der Waals surface area contributed by atoms with E-state index in [1.54, 1.807) is 33.0 Å². The molecule has 1 heterocycles. The molecule has 5 nitrogen and oxygen atoms in total. The van der Waals surface area contributed by atoms with Crippen LogP contribution in [0.15, 0.2) is 18.5 Å². The lowest BCUT2D eigenvalue weighted by Crippen LogP contribution is -2.35. The van der Waals surface area contributed by atoms with Crippen molar-refractivity contribution in [2.75, 3.05) is 0 Å². The van der Waals surface area contributed by atoms with Gasteiger partial charge >= 0.3 is 6.09 Å². The molecule has 19 heavy (non-hydrogen) atoms. The van der Waals surface area contributed by atoms with Crippen molar-refractivity contribution in [1.29, 1.82) is 0 Å². The summed E-state index contributed by atoms with van der Waals surface area (Å²) in [5.41, 5.74) is 0.0346. The Bertz CT molecular complexity index is 457. The van der Waals surface area contributed by atoms with Crippen molar-refractivity contribution >= 4 is 24.0 Å². The van der Waals surface area contributed by atoms with Gasteiger partial charge in [-0.1, -0.05) is 11.6 Å². The number of halogens is 1. The van der Waals surface area contributed by atoms with Gasteiger partial charge in [0.2, 0.25) is 0 Å². The van der Waals surface area contributed by atoms with Crippen LogP contribution < -0.4 is 5.32 Å². The SMILES string of the molecule is CC(C)(C)OC(=O)N[C@H](CC=O)c1ccncc1Cl. The molecule has 0 unspecified atom stereocenters. The van der Waals surface area contributed by atoms with E-state index in [-0.39, 0.29) is 6.42 Å². The molecule has 1 aromatic rings. The molecule has 104 valence electrons. The summed E-state index contributed by atoms with van der Waals surface area (Å²) >= 11 is 6.00. The molecule has 0 fully saturated rings. The standard InChI is InChI=1S/C13H17ClN2O3/c1-13(2,3)19-12(18)16-11(5-7-17)9-4-6-15-8-10(9)14/h4,6-8,11H,5H2,1-3H3,(H,16,18)/t11-/m1/s1. The number of hydrogen-bond donors (Lipinski definition) is 1. The van der Waals surface area contributed by atoms with E-state index in [1.165, 1.54) is 6.20 Å². The first kappa shape index (κ1) is 15.4. The van der Waals surface area contributed by atoms with E-state index in [0.717, 1.165) is 6.29 Å². The van der Waals surface area contributed by atoms with Gasteiger partial charge in [-0.3, -0.25) is 4.98 Å². The Balaban J connectivity index is 2.82. The average molecular weight is 285 g/mol. The largest absolute Gasteiger partial charge is 0.444 e. The van der Waals surface area contributed by atoms with Crippen molar-refractivity contribution in [2.45, 2.75) is 38.8 Å². The molecule has 1 rings (SSSR count).